The first-order valence-electron chi connectivity index (χ1n) is 13.4. The number of ether oxygens (including phenoxy) is 1. The summed E-state index contributed by atoms with van der Waals surface area (Å²) in [5.74, 6) is -0.879. The molecule has 0 atom stereocenters. The average molecular weight is 482 g/mol. The minimum atomic E-state index is -0.473. The molecule has 2 rings (SSSR count). The van der Waals surface area contributed by atoms with E-state index in [1.807, 2.05) is 18.2 Å². The fraction of sp³-hybridized carbons (Fsp3) is 0.533. The summed E-state index contributed by atoms with van der Waals surface area (Å²) in [6.07, 6.45) is 9.03. The van der Waals surface area contributed by atoms with Gasteiger partial charge in [0, 0.05) is 30.4 Å². The Morgan fingerprint density at radius 2 is 1.51 bits per heavy atom. The third kappa shape index (κ3) is 8.12. The highest BCUT2D eigenvalue weighted by Gasteiger charge is 2.25. The van der Waals surface area contributed by atoms with Gasteiger partial charge >= 0.3 is 5.97 Å². The largest absolute Gasteiger partial charge is 0.507 e. The SMILES string of the molecule is CCCCCCOC(=O)c1cccc(CCCCCC)c1C(=O)c1ccc(N(CC)CC)cc1O. The van der Waals surface area contributed by atoms with E-state index in [4.69, 9.17) is 4.74 Å². The van der Waals surface area contributed by atoms with E-state index in [9.17, 15) is 14.7 Å². The lowest BCUT2D eigenvalue weighted by molar-refractivity contribution is 0.0495. The molecule has 5 heteroatoms. The molecule has 0 saturated heterocycles. The predicted molar refractivity (Wildman–Crippen MR) is 144 cm³/mol. The van der Waals surface area contributed by atoms with Gasteiger partial charge in [0.25, 0.3) is 0 Å². The number of ketones is 1. The van der Waals surface area contributed by atoms with Gasteiger partial charge in [-0.05, 0) is 56.9 Å². The number of aromatic hydroxyl groups is 1. The summed E-state index contributed by atoms with van der Waals surface area (Å²) in [6.45, 7) is 10.4. The van der Waals surface area contributed by atoms with E-state index in [-0.39, 0.29) is 22.7 Å². The Morgan fingerprint density at radius 1 is 0.829 bits per heavy atom. The van der Waals surface area contributed by atoms with Crippen LogP contribution in [0, 0.1) is 0 Å². The van der Waals surface area contributed by atoms with Gasteiger partial charge < -0.3 is 14.7 Å². The fourth-order valence-corrected chi connectivity index (χ4v) is 4.39. The van der Waals surface area contributed by atoms with Crippen molar-refractivity contribution in [1.29, 1.82) is 0 Å². The summed E-state index contributed by atoms with van der Waals surface area (Å²) >= 11 is 0. The van der Waals surface area contributed by atoms with Crippen molar-refractivity contribution in [3.05, 3.63) is 58.7 Å². The molecule has 0 aliphatic carbocycles. The zero-order chi connectivity index (χ0) is 25.6. The second kappa shape index (κ2) is 15.2. The molecule has 2 aromatic rings. The van der Waals surface area contributed by atoms with Gasteiger partial charge in [0.05, 0.1) is 17.7 Å². The van der Waals surface area contributed by atoms with Gasteiger partial charge in [0.1, 0.15) is 5.75 Å². The fourth-order valence-electron chi connectivity index (χ4n) is 4.39. The maximum Gasteiger partial charge on any atom is 0.338 e. The van der Waals surface area contributed by atoms with Crippen molar-refractivity contribution in [3.63, 3.8) is 0 Å². The monoisotopic (exact) mass is 481 g/mol. The number of aryl methyl sites for hydroxylation is 1. The molecule has 0 spiro atoms. The molecule has 0 saturated carbocycles. The van der Waals surface area contributed by atoms with Crippen LogP contribution in [-0.4, -0.2) is 36.6 Å². The number of nitrogens with zero attached hydrogens (tertiary/aromatic N) is 1. The molecule has 0 amide bonds. The summed E-state index contributed by atoms with van der Waals surface area (Å²) in [4.78, 5) is 28.9. The summed E-state index contributed by atoms with van der Waals surface area (Å²) in [5.41, 5.74) is 2.54. The molecule has 35 heavy (non-hydrogen) atoms. The second-order valence-corrected chi connectivity index (χ2v) is 9.05. The molecular formula is C30H43NO4. The van der Waals surface area contributed by atoms with Crippen molar-refractivity contribution in [2.45, 2.75) is 85.5 Å². The van der Waals surface area contributed by atoms with Crippen LogP contribution in [0.15, 0.2) is 36.4 Å². The minimum absolute atomic E-state index is 0.0703. The van der Waals surface area contributed by atoms with Gasteiger partial charge in [-0.2, -0.15) is 0 Å². The van der Waals surface area contributed by atoms with E-state index in [1.54, 1.807) is 18.2 Å². The van der Waals surface area contributed by atoms with Crippen LogP contribution < -0.4 is 4.90 Å². The standard InChI is InChI=1S/C30H43NO4/c1-5-9-11-13-16-23-17-15-18-26(30(34)35-21-14-12-10-6-2)28(23)29(33)25-20-19-24(22-27(25)32)31(7-3)8-4/h15,17-20,22,32H,5-14,16,21H2,1-4H3. The van der Waals surface area contributed by atoms with Crippen LogP contribution in [0.4, 0.5) is 5.69 Å². The molecule has 192 valence electrons. The zero-order valence-corrected chi connectivity index (χ0v) is 22.1. The summed E-state index contributed by atoms with van der Waals surface area (Å²) in [7, 11) is 0. The van der Waals surface area contributed by atoms with Gasteiger partial charge in [-0.15, -0.1) is 0 Å². The highest BCUT2D eigenvalue weighted by Crippen LogP contribution is 2.30. The van der Waals surface area contributed by atoms with Crippen LogP contribution in [-0.2, 0) is 11.2 Å². The number of carbonyl (C=O) groups is 2. The van der Waals surface area contributed by atoms with E-state index in [0.717, 1.165) is 75.7 Å². The third-order valence-corrected chi connectivity index (χ3v) is 6.48. The highest BCUT2D eigenvalue weighted by molar-refractivity contribution is 6.16. The van der Waals surface area contributed by atoms with E-state index < -0.39 is 5.97 Å². The first-order chi connectivity index (χ1) is 17.0. The van der Waals surface area contributed by atoms with Crippen LogP contribution in [0.5, 0.6) is 5.75 Å². The maximum atomic E-state index is 13.8. The van der Waals surface area contributed by atoms with Crippen LogP contribution >= 0.6 is 0 Å². The van der Waals surface area contributed by atoms with Crippen LogP contribution in [0.3, 0.4) is 0 Å². The quantitative estimate of drug-likeness (QED) is 0.154. The molecule has 0 unspecified atom stereocenters. The van der Waals surface area contributed by atoms with E-state index >= 15 is 0 Å². The van der Waals surface area contributed by atoms with Crippen LogP contribution in [0.1, 0.15) is 111 Å². The predicted octanol–water partition coefficient (Wildman–Crippen LogP) is 7.33. The van der Waals surface area contributed by atoms with Crippen LogP contribution in [0.2, 0.25) is 0 Å². The lowest BCUT2D eigenvalue weighted by Crippen LogP contribution is -2.22. The first kappa shape index (κ1) is 28.4. The number of benzene rings is 2. The number of esters is 1. The van der Waals surface area contributed by atoms with Gasteiger partial charge in [-0.1, -0.05) is 64.5 Å². The number of hydrogen-bond donors (Lipinski definition) is 1. The van der Waals surface area contributed by atoms with Gasteiger partial charge in [-0.25, -0.2) is 4.79 Å². The Labute approximate surface area is 211 Å². The summed E-state index contributed by atoms with van der Waals surface area (Å²) < 4.78 is 5.55. The van der Waals surface area contributed by atoms with Crippen molar-refractivity contribution in [3.8, 4) is 5.75 Å². The number of phenols is 1. The molecular weight excluding hydrogens is 438 g/mol. The number of phenolic OH excluding ortho intramolecular Hbond substituents is 1. The number of unbranched alkanes of at least 4 members (excludes halogenated alkanes) is 6. The Kier molecular flexibility index (Phi) is 12.4. The average Bonchev–Trinajstić information content (AvgIpc) is 2.86. The third-order valence-electron chi connectivity index (χ3n) is 6.48. The summed E-state index contributed by atoms with van der Waals surface area (Å²) in [6, 6.07) is 10.6. The van der Waals surface area contributed by atoms with Crippen molar-refractivity contribution in [2.75, 3.05) is 24.6 Å². The normalized spacial score (nSPS) is 10.9. The lowest BCUT2D eigenvalue weighted by Gasteiger charge is -2.22. The molecule has 0 aliphatic heterocycles. The molecule has 0 aliphatic rings. The zero-order valence-electron chi connectivity index (χ0n) is 22.1. The Morgan fingerprint density at radius 3 is 2.14 bits per heavy atom. The van der Waals surface area contributed by atoms with E-state index in [1.165, 1.54) is 0 Å². The van der Waals surface area contributed by atoms with Crippen LogP contribution in [0.25, 0.3) is 0 Å². The first-order valence-corrected chi connectivity index (χ1v) is 13.4. The molecule has 1 N–H and O–H groups in total. The van der Waals surface area contributed by atoms with E-state index in [2.05, 4.69) is 32.6 Å². The molecule has 5 nitrogen and oxygen atoms in total. The maximum absolute atomic E-state index is 13.8. The lowest BCUT2D eigenvalue weighted by atomic mass is 9.90. The van der Waals surface area contributed by atoms with Gasteiger partial charge in [0.2, 0.25) is 0 Å². The van der Waals surface area contributed by atoms with E-state index in [0.29, 0.717) is 18.6 Å². The molecule has 0 aromatic heterocycles. The Bertz CT molecular complexity index is 949. The highest BCUT2D eigenvalue weighted by atomic mass is 16.5. The van der Waals surface area contributed by atoms with Crippen molar-refractivity contribution in [1.82, 2.24) is 0 Å². The topological polar surface area (TPSA) is 66.8 Å². The number of anilines is 1. The molecule has 0 radical (unpaired) electrons. The van der Waals surface area contributed by atoms with Crippen molar-refractivity contribution < 1.29 is 19.4 Å². The minimum Gasteiger partial charge on any atom is -0.507 e. The number of hydrogen-bond acceptors (Lipinski definition) is 5. The smallest absolute Gasteiger partial charge is 0.338 e. The Hall–Kier alpha value is -2.82. The Balaban J connectivity index is 2.38. The number of rotatable bonds is 16. The molecule has 2 aromatic carbocycles. The number of carbonyl (C=O) groups excluding carboxylic acids is 2. The molecule has 0 heterocycles. The molecule has 0 fully saturated rings. The van der Waals surface area contributed by atoms with Crippen molar-refractivity contribution in [2.24, 2.45) is 0 Å². The molecule has 0 bridgehead atoms. The van der Waals surface area contributed by atoms with Gasteiger partial charge in [-0.3, -0.25) is 4.79 Å². The second-order valence-electron chi connectivity index (χ2n) is 9.05. The van der Waals surface area contributed by atoms with Crippen molar-refractivity contribution >= 4 is 17.4 Å². The summed E-state index contributed by atoms with van der Waals surface area (Å²) in [5, 5.41) is 10.8. The van der Waals surface area contributed by atoms with Gasteiger partial charge in [0.15, 0.2) is 5.78 Å².